The zero-order chi connectivity index (χ0) is 19.5. The highest BCUT2D eigenvalue weighted by Crippen LogP contribution is 2.46. The summed E-state index contributed by atoms with van der Waals surface area (Å²) in [6.07, 6.45) is 2.73. The Hall–Kier alpha value is -3.02. The Morgan fingerprint density at radius 1 is 0.964 bits per heavy atom. The summed E-state index contributed by atoms with van der Waals surface area (Å²) in [7, 11) is 0. The van der Waals surface area contributed by atoms with Crippen LogP contribution in [0.25, 0.3) is 0 Å². The predicted molar refractivity (Wildman–Crippen MR) is 107 cm³/mol. The second kappa shape index (κ2) is 7.92. The molecule has 2 aliphatic rings. The lowest BCUT2D eigenvalue weighted by Crippen LogP contribution is -2.18. The monoisotopic (exact) mass is 380 g/mol. The fourth-order valence-electron chi connectivity index (χ4n) is 3.60. The number of ether oxygens (including phenoxy) is 2. The summed E-state index contributed by atoms with van der Waals surface area (Å²) in [6, 6.07) is 13.1. The van der Waals surface area contributed by atoms with Gasteiger partial charge in [-0.25, -0.2) is 0 Å². The van der Waals surface area contributed by atoms with Gasteiger partial charge in [0.05, 0.1) is 0 Å². The van der Waals surface area contributed by atoms with Crippen LogP contribution in [-0.2, 0) is 9.59 Å². The normalized spacial score (nSPS) is 16.2. The molecule has 28 heavy (non-hydrogen) atoms. The van der Waals surface area contributed by atoms with E-state index in [9.17, 15) is 9.59 Å². The number of benzene rings is 2. The van der Waals surface area contributed by atoms with Crippen molar-refractivity contribution in [3.63, 3.8) is 0 Å². The van der Waals surface area contributed by atoms with Gasteiger partial charge in [0.2, 0.25) is 11.8 Å². The molecule has 0 bridgehead atoms. The quantitative estimate of drug-likeness (QED) is 0.796. The van der Waals surface area contributed by atoms with Gasteiger partial charge in [0.25, 0.3) is 0 Å². The second-order valence-electron chi connectivity index (χ2n) is 7.36. The molecule has 0 aromatic heterocycles. The lowest BCUT2D eigenvalue weighted by molar-refractivity contribution is -0.117. The highest BCUT2D eigenvalue weighted by atomic mass is 16.6. The van der Waals surface area contributed by atoms with Crippen LogP contribution >= 0.6 is 0 Å². The van der Waals surface area contributed by atoms with Gasteiger partial charge in [-0.1, -0.05) is 6.07 Å². The number of fused-ring (bicyclic) bond motifs is 1. The van der Waals surface area contributed by atoms with E-state index in [-0.39, 0.29) is 17.7 Å². The van der Waals surface area contributed by atoms with Crippen molar-refractivity contribution in [1.29, 1.82) is 0 Å². The molecule has 1 unspecified atom stereocenters. The van der Waals surface area contributed by atoms with Crippen molar-refractivity contribution in [2.24, 2.45) is 5.92 Å². The molecule has 1 fully saturated rings. The molecule has 0 saturated heterocycles. The van der Waals surface area contributed by atoms with Crippen LogP contribution in [0.15, 0.2) is 42.5 Å². The summed E-state index contributed by atoms with van der Waals surface area (Å²) in [5.41, 5.74) is 2.55. The van der Waals surface area contributed by atoms with E-state index in [4.69, 9.17) is 9.47 Å². The Balaban J connectivity index is 1.42. The average Bonchev–Trinajstić information content (AvgIpc) is 3.52. The van der Waals surface area contributed by atoms with Gasteiger partial charge in [0, 0.05) is 24.7 Å². The first-order valence-electron chi connectivity index (χ1n) is 9.65. The molecule has 1 heterocycles. The number of nitrogens with one attached hydrogen (secondary N) is 2. The highest BCUT2D eigenvalue weighted by Gasteiger charge is 2.34. The van der Waals surface area contributed by atoms with Crippen molar-refractivity contribution in [2.45, 2.75) is 32.1 Å². The first-order valence-corrected chi connectivity index (χ1v) is 9.65. The van der Waals surface area contributed by atoms with E-state index in [0.29, 0.717) is 31.2 Å². The summed E-state index contributed by atoms with van der Waals surface area (Å²) >= 11 is 0. The van der Waals surface area contributed by atoms with Gasteiger partial charge in [-0.3, -0.25) is 9.59 Å². The highest BCUT2D eigenvalue weighted by molar-refractivity contribution is 5.92. The van der Waals surface area contributed by atoms with Crippen LogP contribution in [0.5, 0.6) is 11.5 Å². The van der Waals surface area contributed by atoms with Crippen LogP contribution < -0.4 is 20.1 Å². The van der Waals surface area contributed by atoms with Crippen LogP contribution in [0.2, 0.25) is 0 Å². The predicted octanol–water partition coefficient (Wildman–Crippen LogP) is 3.94. The molecule has 1 saturated carbocycles. The van der Waals surface area contributed by atoms with Gasteiger partial charge in [-0.15, -0.1) is 0 Å². The Labute approximate surface area is 164 Å². The minimum atomic E-state index is -0.122. The van der Waals surface area contributed by atoms with Gasteiger partial charge in [-0.2, -0.15) is 0 Å². The first-order chi connectivity index (χ1) is 13.6. The number of rotatable bonds is 6. The Bertz CT molecular complexity index is 875. The van der Waals surface area contributed by atoms with Crippen molar-refractivity contribution in [1.82, 2.24) is 0 Å². The number of hydrogen-bond donors (Lipinski definition) is 2. The van der Waals surface area contributed by atoms with E-state index >= 15 is 0 Å². The summed E-state index contributed by atoms with van der Waals surface area (Å²) in [5, 5.41) is 5.67. The molecular formula is C22H24N2O4. The van der Waals surface area contributed by atoms with Crippen LogP contribution in [-0.4, -0.2) is 25.0 Å². The molecule has 6 heteroatoms. The number of carbonyl (C=O) groups is 2. The molecule has 0 spiro atoms. The van der Waals surface area contributed by atoms with Crippen LogP contribution in [0.1, 0.15) is 37.7 Å². The number of amides is 2. The van der Waals surface area contributed by atoms with Gasteiger partial charge in [0.15, 0.2) is 11.5 Å². The van der Waals surface area contributed by atoms with Crippen molar-refractivity contribution in [3.05, 3.63) is 48.0 Å². The molecule has 1 aliphatic carbocycles. The minimum absolute atomic E-state index is 0.0148. The van der Waals surface area contributed by atoms with Crippen molar-refractivity contribution in [3.8, 4) is 11.5 Å². The second-order valence-corrected chi connectivity index (χ2v) is 7.36. The molecule has 0 radical (unpaired) electrons. The third-order valence-corrected chi connectivity index (χ3v) is 5.08. The zero-order valence-corrected chi connectivity index (χ0v) is 15.9. The number of hydrogen-bond acceptors (Lipinski definition) is 4. The third kappa shape index (κ3) is 4.44. The number of carbonyl (C=O) groups excluding carboxylic acids is 2. The summed E-state index contributed by atoms with van der Waals surface area (Å²) in [5.74, 6) is 2.11. The smallest absolute Gasteiger partial charge is 0.224 e. The molecular weight excluding hydrogens is 356 g/mol. The van der Waals surface area contributed by atoms with E-state index < -0.39 is 0 Å². The van der Waals surface area contributed by atoms with Gasteiger partial charge in [0.1, 0.15) is 13.2 Å². The molecule has 2 amide bonds. The molecule has 1 atom stereocenters. The SMILES string of the molecule is CC(=O)Nc1ccc(NC(=O)CC(c2ccc3c(c2)OCCO3)C2CC2)cc1. The topological polar surface area (TPSA) is 76.7 Å². The third-order valence-electron chi connectivity index (χ3n) is 5.08. The van der Waals surface area contributed by atoms with Crippen molar-refractivity contribution in [2.75, 3.05) is 23.8 Å². The molecule has 1 aliphatic heterocycles. The molecule has 6 nitrogen and oxygen atoms in total. The minimum Gasteiger partial charge on any atom is -0.486 e. The van der Waals surface area contributed by atoms with Crippen molar-refractivity contribution < 1.29 is 19.1 Å². The molecule has 4 rings (SSSR count). The number of anilines is 2. The van der Waals surface area contributed by atoms with E-state index in [1.54, 1.807) is 24.3 Å². The lowest BCUT2D eigenvalue weighted by Gasteiger charge is -2.22. The fraction of sp³-hybridized carbons (Fsp3) is 0.364. The zero-order valence-electron chi connectivity index (χ0n) is 15.9. The van der Waals surface area contributed by atoms with E-state index in [2.05, 4.69) is 10.6 Å². The first kappa shape index (κ1) is 18.3. The van der Waals surface area contributed by atoms with E-state index in [0.717, 1.165) is 35.6 Å². The maximum atomic E-state index is 12.6. The van der Waals surface area contributed by atoms with Crippen LogP contribution in [0.3, 0.4) is 0 Å². The maximum absolute atomic E-state index is 12.6. The van der Waals surface area contributed by atoms with Gasteiger partial charge in [-0.05, 0) is 66.6 Å². The van der Waals surface area contributed by atoms with Crippen molar-refractivity contribution >= 4 is 23.2 Å². The maximum Gasteiger partial charge on any atom is 0.224 e. The van der Waals surface area contributed by atoms with Gasteiger partial charge < -0.3 is 20.1 Å². The molecule has 2 N–H and O–H groups in total. The van der Waals surface area contributed by atoms with E-state index in [1.165, 1.54) is 6.92 Å². The fourth-order valence-corrected chi connectivity index (χ4v) is 3.60. The Kier molecular flexibility index (Phi) is 5.19. The van der Waals surface area contributed by atoms with E-state index in [1.807, 2.05) is 18.2 Å². The Morgan fingerprint density at radius 3 is 2.25 bits per heavy atom. The standard InChI is InChI=1S/C22H24N2O4/c1-14(25)23-17-5-7-18(8-6-17)24-22(26)13-19(15-2-3-15)16-4-9-20-21(12-16)28-11-10-27-20/h4-9,12,15,19H,2-3,10-11,13H2,1H3,(H,23,25)(H,24,26). The lowest BCUT2D eigenvalue weighted by atomic mass is 9.90. The summed E-state index contributed by atoms with van der Waals surface area (Å²) in [4.78, 5) is 23.7. The molecule has 2 aromatic rings. The molecule has 2 aromatic carbocycles. The van der Waals surface area contributed by atoms with Gasteiger partial charge >= 0.3 is 0 Å². The summed E-state index contributed by atoms with van der Waals surface area (Å²) in [6.45, 7) is 2.59. The Morgan fingerprint density at radius 2 is 1.61 bits per heavy atom. The molecule has 146 valence electrons. The van der Waals surface area contributed by atoms with Crippen LogP contribution in [0.4, 0.5) is 11.4 Å². The largest absolute Gasteiger partial charge is 0.486 e. The van der Waals surface area contributed by atoms with Crippen LogP contribution in [0, 0.1) is 5.92 Å². The summed E-state index contributed by atoms with van der Waals surface area (Å²) < 4.78 is 11.3. The average molecular weight is 380 g/mol.